The summed E-state index contributed by atoms with van der Waals surface area (Å²) in [5.41, 5.74) is -2.27. The molecule has 1 aromatic heterocycles. The van der Waals surface area contributed by atoms with E-state index in [1.54, 1.807) is 12.1 Å². The fraction of sp³-hybridized carbons (Fsp3) is 0.269. The number of hydrogen-bond donors (Lipinski definition) is 1. The van der Waals surface area contributed by atoms with Gasteiger partial charge in [-0.1, -0.05) is 24.3 Å². The van der Waals surface area contributed by atoms with Crippen molar-refractivity contribution in [1.82, 2.24) is 14.6 Å². The molecule has 2 aromatic carbocycles. The number of hydrogen-bond acceptors (Lipinski definition) is 5. The summed E-state index contributed by atoms with van der Waals surface area (Å²) in [5, 5.41) is 9.29. The second-order valence-corrected chi connectivity index (χ2v) is 10.7. The van der Waals surface area contributed by atoms with Gasteiger partial charge in [-0.05, 0) is 54.3 Å². The molecule has 4 rings (SSSR count). The number of nitriles is 1. The molecule has 2 heterocycles. The van der Waals surface area contributed by atoms with Crippen LogP contribution in [0.1, 0.15) is 40.0 Å². The summed E-state index contributed by atoms with van der Waals surface area (Å²) in [6, 6.07) is 11.5. The molecule has 40 heavy (non-hydrogen) atoms. The van der Waals surface area contributed by atoms with Crippen LogP contribution >= 0.6 is 0 Å². The number of amides is 1. The van der Waals surface area contributed by atoms with Crippen LogP contribution in [0.25, 0.3) is 11.1 Å². The number of sulfonamides is 1. The third kappa shape index (κ3) is 6.26. The second-order valence-electron chi connectivity index (χ2n) is 8.98. The Labute approximate surface area is 225 Å². The van der Waals surface area contributed by atoms with Crippen LogP contribution in [-0.2, 0) is 22.4 Å². The lowest BCUT2D eigenvalue weighted by Gasteiger charge is -2.32. The number of benzene rings is 2. The molecular weight excluding hydrogens is 562 g/mol. The molecule has 7 nitrogen and oxygen atoms in total. The first kappa shape index (κ1) is 29.0. The molecular formula is C26H20F6N4O3S. The van der Waals surface area contributed by atoms with E-state index in [9.17, 15) is 44.8 Å². The summed E-state index contributed by atoms with van der Waals surface area (Å²) in [6.45, 7) is 0.0338. The Kier molecular flexibility index (Phi) is 7.91. The van der Waals surface area contributed by atoms with E-state index in [1.807, 2.05) is 6.07 Å². The Morgan fingerprint density at radius 1 is 0.975 bits per heavy atom. The highest BCUT2D eigenvalue weighted by molar-refractivity contribution is 7.89. The summed E-state index contributed by atoms with van der Waals surface area (Å²) in [4.78, 5) is 16.2. The van der Waals surface area contributed by atoms with Crippen molar-refractivity contribution >= 4 is 15.9 Å². The van der Waals surface area contributed by atoms with E-state index in [0.717, 1.165) is 18.3 Å². The lowest BCUT2D eigenvalue weighted by Crippen LogP contribution is -2.46. The molecule has 1 amide bonds. The fourth-order valence-corrected chi connectivity index (χ4v) is 5.85. The average Bonchev–Trinajstić information content (AvgIpc) is 2.91. The average molecular weight is 583 g/mol. The van der Waals surface area contributed by atoms with Crippen molar-refractivity contribution in [3.05, 3.63) is 83.2 Å². The second kappa shape index (κ2) is 10.9. The maximum atomic E-state index is 14.0. The van der Waals surface area contributed by atoms with Crippen LogP contribution < -0.4 is 4.72 Å². The number of piperidine rings is 1. The van der Waals surface area contributed by atoms with Gasteiger partial charge in [0, 0.05) is 25.3 Å². The van der Waals surface area contributed by atoms with Gasteiger partial charge in [0.15, 0.2) is 0 Å². The lowest BCUT2D eigenvalue weighted by molar-refractivity contribution is -0.141. The minimum absolute atomic E-state index is 0.0169. The van der Waals surface area contributed by atoms with Crippen LogP contribution in [0.15, 0.2) is 65.7 Å². The van der Waals surface area contributed by atoms with E-state index < -0.39 is 50.5 Å². The zero-order valence-corrected chi connectivity index (χ0v) is 21.2. The fourth-order valence-electron chi connectivity index (χ4n) is 4.34. The molecule has 3 aromatic rings. The number of rotatable bonds is 5. The molecule has 0 radical (unpaired) electrons. The van der Waals surface area contributed by atoms with E-state index >= 15 is 0 Å². The van der Waals surface area contributed by atoms with Crippen LogP contribution in [0.2, 0.25) is 0 Å². The highest BCUT2D eigenvalue weighted by Crippen LogP contribution is 2.38. The van der Waals surface area contributed by atoms with E-state index in [4.69, 9.17) is 0 Å². The molecule has 0 aliphatic carbocycles. The molecule has 0 atom stereocenters. The highest BCUT2D eigenvalue weighted by atomic mass is 32.2. The molecule has 0 bridgehead atoms. The third-order valence-electron chi connectivity index (χ3n) is 6.34. The molecule has 1 fully saturated rings. The summed E-state index contributed by atoms with van der Waals surface area (Å²) >= 11 is 0. The SMILES string of the molecule is N#Cc1ccccc1-c1ccc(S(=O)(=O)NC2CCN(C(=O)c3ccc(C(F)(F)F)nc3)CC2)c(C(F)(F)F)c1. The van der Waals surface area contributed by atoms with Crippen molar-refractivity contribution in [1.29, 1.82) is 5.26 Å². The maximum absolute atomic E-state index is 14.0. The number of nitrogens with one attached hydrogen (secondary N) is 1. The highest BCUT2D eigenvalue weighted by Gasteiger charge is 2.39. The molecule has 1 aliphatic heterocycles. The summed E-state index contributed by atoms with van der Waals surface area (Å²) < 4.78 is 108. The van der Waals surface area contributed by atoms with Gasteiger partial charge in [0.25, 0.3) is 5.91 Å². The van der Waals surface area contributed by atoms with Gasteiger partial charge < -0.3 is 4.90 Å². The molecule has 210 valence electrons. The van der Waals surface area contributed by atoms with Gasteiger partial charge in [-0.25, -0.2) is 13.1 Å². The number of aromatic nitrogens is 1. The van der Waals surface area contributed by atoms with Gasteiger partial charge in [-0.3, -0.25) is 9.78 Å². The van der Waals surface area contributed by atoms with E-state index in [2.05, 4.69) is 9.71 Å². The van der Waals surface area contributed by atoms with Gasteiger partial charge in [0.2, 0.25) is 10.0 Å². The number of likely N-dealkylation sites (tertiary alicyclic amines) is 1. The topological polar surface area (TPSA) is 103 Å². The maximum Gasteiger partial charge on any atom is 0.433 e. The van der Waals surface area contributed by atoms with Crippen LogP contribution in [0.5, 0.6) is 0 Å². The molecule has 14 heteroatoms. The van der Waals surface area contributed by atoms with Crippen molar-refractivity contribution in [2.75, 3.05) is 13.1 Å². The van der Waals surface area contributed by atoms with E-state index in [0.29, 0.717) is 12.1 Å². The van der Waals surface area contributed by atoms with E-state index in [-0.39, 0.29) is 48.2 Å². The zero-order chi connectivity index (χ0) is 29.3. The molecule has 0 saturated carbocycles. The van der Waals surface area contributed by atoms with Crippen molar-refractivity contribution < 1.29 is 39.6 Å². The van der Waals surface area contributed by atoms with Crippen molar-refractivity contribution in [3.63, 3.8) is 0 Å². The Balaban J connectivity index is 1.49. The normalized spacial score (nSPS) is 15.1. The molecule has 0 spiro atoms. The number of halogens is 6. The minimum atomic E-state index is -5.02. The number of carbonyl (C=O) groups is 1. The van der Waals surface area contributed by atoms with Crippen molar-refractivity contribution in [2.24, 2.45) is 0 Å². The Morgan fingerprint density at radius 2 is 1.65 bits per heavy atom. The Hall–Kier alpha value is -3.96. The van der Waals surface area contributed by atoms with Gasteiger partial charge in [0.1, 0.15) is 5.69 Å². The minimum Gasteiger partial charge on any atom is -0.338 e. The standard InChI is InChI=1S/C26H20F6N4O3S/c27-25(28,29)21-13-16(20-4-2-1-3-17(20)14-33)5-7-22(21)40(38,39)35-19-9-11-36(12-10-19)24(37)18-6-8-23(34-15-18)26(30,31)32/h1-8,13,15,19,35H,9-12H2. The molecule has 1 saturated heterocycles. The number of carbonyl (C=O) groups excluding carboxylic acids is 1. The van der Waals surface area contributed by atoms with E-state index in [1.165, 1.54) is 23.1 Å². The molecule has 1 aliphatic rings. The first-order chi connectivity index (χ1) is 18.7. The predicted octanol–water partition coefficient (Wildman–Crippen LogP) is 5.24. The van der Waals surface area contributed by atoms with Gasteiger partial charge in [-0.2, -0.15) is 31.6 Å². The predicted molar refractivity (Wildman–Crippen MR) is 130 cm³/mol. The summed E-state index contributed by atoms with van der Waals surface area (Å²) in [5.74, 6) is -0.602. The monoisotopic (exact) mass is 582 g/mol. The molecule has 0 unspecified atom stereocenters. The van der Waals surface area contributed by atoms with Crippen molar-refractivity contribution in [2.45, 2.75) is 36.1 Å². The Bertz CT molecular complexity index is 1560. The zero-order valence-electron chi connectivity index (χ0n) is 20.4. The Morgan fingerprint density at radius 3 is 2.23 bits per heavy atom. The smallest absolute Gasteiger partial charge is 0.338 e. The van der Waals surface area contributed by atoms with Crippen molar-refractivity contribution in [3.8, 4) is 17.2 Å². The molecule has 1 N–H and O–H groups in total. The summed E-state index contributed by atoms with van der Waals surface area (Å²) in [7, 11) is -4.65. The van der Waals surface area contributed by atoms with Gasteiger partial charge in [-0.15, -0.1) is 0 Å². The summed E-state index contributed by atoms with van der Waals surface area (Å²) in [6.07, 6.45) is -8.75. The largest absolute Gasteiger partial charge is 0.433 e. The quantitative estimate of drug-likeness (QED) is 0.415. The number of alkyl halides is 6. The number of nitrogens with zero attached hydrogens (tertiary/aromatic N) is 3. The lowest BCUT2D eigenvalue weighted by atomic mass is 9.98. The first-order valence-corrected chi connectivity index (χ1v) is 13.2. The number of pyridine rings is 1. The van der Waals surface area contributed by atoms with Gasteiger partial charge in [0.05, 0.1) is 27.7 Å². The first-order valence-electron chi connectivity index (χ1n) is 11.8. The third-order valence-corrected chi connectivity index (χ3v) is 7.92. The van der Waals surface area contributed by atoms with Crippen LogP contribution in [0.4, 0.5) is 26.3 Å². The van der Waals surface area contributed by atoms with Crippen LogP contribution in [0.3, 0.4) is 0 Å². The van der Waals surface area contributed by atoms with Crippen LogP contribution in [0, 0.1) is 11.3 Å². The van der Waals surface area contributed by atoms with Gasteiger partial charge >= 0.3 is 12.4 Å². The van der Waals surface area contributed by atoms with Crippen LogP contribution in [-0.4, -0.2) is 43.3 Å².